The lowest BCUT2D eigenvalue weighted by Crippen LogP contribution is -2.35. The second-order valence-corrected chi connectivity index (χ2v) is 5.62. The maximum Gasteiger partial charge on any atom is 0.329 e. The maximum atomic E-state index is 13.1. The van der Waals surface area contributed by atoms with Gasteiger partial charge in [-0.05, 0) is 17.7 Å². The van der Waals surface area contributed by atoms with Crippen LogP contribution in [0.5, 0.6) is 0 Å². The summed E-state index contributed by atoms with van der Waals surface area (Å²) >= 11 is 1.28. The van der Waals surface area contributed by atoms with Crippen molar-refractivity contribution < 1.29 is 9.13 Å². The Bertz CT molecular complexity index is 925. The molecule has 1 aromatic carbocycles. The number of H-pyrrole nitrogens is 1. The standard InChI is InChI=1S/C15H13FN2O3S/c1-21-7-6-18-14(19)12-11(8-22-13(12)17-15(18)20)9-2-4-10(16)5-3-9/h2-5,8H,6-7H2,1H3,(H,17,20). The van der Waals surface area contributed by atoms with Crippen molar-refractivity contribution in [1.29, 1.82) is 0 Å². The first kappa shape index (κ1) is 14.7. The Hall–Kier alpha value is -2.25. The third kappa shape index (κ3) is 2.49. The number of nitrogens with zero attached hydrogens (tertiary/aromatic N) is 1. The highest BCUT2D eigenvalue weighted by molar-refractivity contribution is 7.17. The Morgan fingerprint density at radius 1 is 1.27 bits per heavy atom. The number of ether oxygens (including phenoxy) is 1. The van der Waals surface area contributed by atoms with E-state index in [0.717, 1.165) is 10.1 Å². The molecule has 2 aromatic heterocycles. The van der Waals surface area contributed by atoms with Gasteiger partial charge in [-0.25, -0.2) is 9.18 Å². The average Bonchev–Trinajstić information content (AvgIpc) is 2.92. The molecule has 3 rings (SSSR count). The summed E-state index contributed by atoms with van der Waals surface area (Å²) < 4.78 is 19.1. The number of hydrogen-bond acceptors (Lipinski definition) is 4. The molecule has 22 heavy (non-hydrogen) atoms. The van der Waals surface area contributed by atoms with Crippen molar-refractivity contribution in [3.8, 4) is 11.1 Å². The van der Waals surface area contributed by atoms with Crippen molar-refractivity contribution in [3.05, 3.63) is 56.3 Å². The van der Waals surface area contributed by atoms with Crippen LogP contribution in [-0.2, 0) is 11.3 Å². The van der Waals surface area contributed by atoms with Crippen LogP contribution in [0, 0.1) is 5.82 Å². The largest absolute Gasteiger partial charge is 0.383 e. The van der Waals surface area contributed by atoms with Gasteiger partial charge in [0.15, 0.2) is 0 Å². The van der Waals surface area contributed by atoms with E-state index < -0.39 is 5.69 Å². The fraction of sp³-hybridized carbons (Fsp3) is 0.200. The van der Waals surface area contributed by atoms with Crippen molar-refractivity contribution in [2.45, 2.75) is 6.54 Å². The van der Waals surface area contributed by atoms with Gasteiger partial charge in [0.25, 0.3) is 5.56 Å². The molecule has 0 saturated carbocycles. The number of hydrogen-bond donors (Lipinski definition) is 1. The Balaban J connectivity index is 2.23. The smallest absolute Gasteiger partial charge is 0.329 e. The normalized spacial score (nSPS) is 11.2. The third-order valence-electron chi connectivity index (χ3n) is 3.39. The van der Waals surface area contributed by atoms with Gasteiger partial charge < -0.3 is 4.74 Å². The quantitative estimate of drug-likeness (QED) is 0.801. The molecular weight excluding hydrogens is 307 g/mol. The van der Waals surface area contributed by atoms with Crippen molar-refractivity contribution in [2.24, 2.45) is 0 Å². The Morgan fingerprint density at radius 2 is 2.00 bits per heavy atom. The summed E-state index contributed by atoms with van der Waals surface area (Å²) in [5.74, 6) is -0.339. The number of aromatic amines is 1. The van der Waals surface area contributed by atoms with Gasteiger partial charge >= 0.3 is 5.69 Å². The van der Waals surface area contributed by atoms with Gasteiger partial charge in [0.05, 0.1) is 18.5 Å². The molecule has 2 heterocycles. The Labute approximate surface area is 128 Å². The monoisotopic (exact) mass is 320 g/mol. The SMILES string of the molecule is COCCn1c(=O)[nH]c2scc(-c3ccc(F)cc3)c2c1=O. The summed E-state index contributed by atoms with van der Waals surface area (Å²) in [7, 11) is 1.51. The average molecular weight is 320 g/mol. The number of halogens is 1. The van der Waals surface area contributed by atoms with Crippen LogP contribution in [0.2, 0.25) is 0 Å². The highest BCUT2D eigenvalue weighted by Gasteiger charge is 2.14. The molecule has 0 radical (unpaired) electrons. The van der Waals surface area contributed by atoms with E-state index >= 15 is 0 Å². The number of fused-ring (bicyclic) bond motifs is 1. The molecule has 5 nitrogen and oxygen atoms in total. The molecule has 0 aliphatic carbocycles. The van der Waals surface area contributed by atoms with Gasteiger partial charge in [0.2, 0.25) is 0 Å². The molecule has 0 aliphatic heterocycles. The fourth-order valence-corrected chi connectivity index (χ4v) is 3.23. The predicted octanol–water partition coefficient (Wildman–Crippen LogP) is 2.20. The summed E-state index contributed by atoms with van der Waals surface area (Å²) in [5, 5.41) is 2.22. The molecule has 3 aromatic rings. The van der Waals surface area contributed by atoms with Gasteiger partial charge in [-0.3, -0.25) is 14.3 Å². The first-order chi connectivity index (χ1) is 10.6. The lowest BCUT2D eigenvalue weighted by Gasteiger charge is -2.05. The van der Waals surface area contributed by atoms with Crippen LogP contribution in [0.3, 0.4) is 0 Å². The molecule has 114 valence electrons. The van der Waals surface area contributed by atoms with Crippen LogP contribution in [0.25, 0.3) is 21.3 Å². The summed E-state index contributed by atoms with van der Waals surface area (Å²) in [6, 6.07) is 5.91. The molecular formula is C15H13FN2O3S. The van der Waals surface area contributed by atoms with Crippen molar-refractivity contribution in [1.82, 2.24) is 9.55 Å². The van der Waals surface area contributed by atoms with E-state index in [1.165, 1.54) is 30.6 Å². The number of nitrogens with one attached hydrogen (secondary N) is 1. The van der Waals surface area contributed by atoms with Gasteiger partial charge in [-0.2, -0.15) is 0 Å². The first-order valence-corrected chi connectivity index (χ1v) is 7.49. The van der Waals surface area contributed by atoms with E-state index in [2.05, 4.69) is 4.98 Å². The van der Waals surface area contributed by atoms with Crippen LogP contribution < -0.4 is 11.2 Å². The second-order valence-electron chi connectivity index (χ2n) is 4.74. The minimum absolute atomic E-state index is 0.180. The number of benzene rings is 1. The minimum atomic E-state index is -0.456. The Kier molecular flexibility index (Phi) is 3.91. The molecule has 0 fully saturated rings. The molecule has 0 aliphatic rings. The molecule has 0 unspecified atom stereocenters. The van der Waals surface area contributed by atoms with Crippen LogP contribution in [0.1, 0.15) is 0 Å². The van der Waals surface area contributed by atoms with E-state index in [1.54, 1.807) is 17.5 Å². The Morgan fingerprint density at radius 3 is 2.68 bits per heavy atom. The van der Waals surface area contributed by atoms with Gasteiger partial charge in [0.1, 0.15) is 10.6 Å². The third-order valence-corrected chi connectivity index (χ3v) is 4.29. The number of rotatable bonds is 4. The summed E-state index contributed by atoms with van der Waals surface area (Å²) in [6.45, 7) is 0.448. The molecule has 0 atom stereocenters. The lowest BCUT2D eigenvalue weighted by molar-refractivity contribution is 0.185. The van der Waals surface area contributed by atoms with E-state index in [-0.39, 0.29) is 24.5 Å². The predicted molar refractivity (Wildman–Crippen MR) is 84.0 cm³/mol. The number of methoxy groups -OCH3 is 1. The van der Waals surface area contributed by atoms with E-state index in [9.17, 15) is 14.0 Å². The van der Waals surface area contributed by atoms with Crippen LogP contribution in [0.4, 0.5) is 4.39 Å². The number of aromatic nitrogens is 2. The molecule has 1 N–H and O–H groups in total. The zero-order valence-corrected chi connectivity index (χ0v) is 12.6. The minimum Gasteiger partial charge on any atom is -0.383 e. The summed E-state index contributed by atoms with van der Waals surface area (Å²) in [6.07, 6.45) is 0. The first-order valence-electron chi connectivity index (χ1n) is 6.61. The topological polar surface area (TPSA) is 64.1 Å². The van der Waals surface area contributed by atoms with E-state index in [1.807, 2.05) is 0 Å². The molecule has 0 spiro atoms. The fourth-order valence-electron chi connectivity index (χ4n) is 2.28. The van der Waals surface area contributed by atoms with Gasteiger partial charge in [-0.15, -0.1) is 11.3 Å². The molecule has 0 amide bonds. The lowest BCUT2D eigenvalue weighted by atomic mass is 10.1. The second kappa shape index (κ2) is 5.86. The zero-order valence-electron chi connectivity index (χ0n) is 11.8. The zero-order chi connectivity index (χ0) is 15.7. The summed E-state index contributed by atoms with van der Waals surface area (Å²) in [5.41, 5.74) is 0.598. The van der Waals surface area contributed by atoms with Crippen LogP contribution >= 0.6 is 11.3 Å². The van der Waals surface area contributed by atoms with Crippen LogP contribution in [0.15, 0.2) is 39.2 Å². The molecule has 0 bridgehead atoms. The molecule has 0 saturated heterocycles. The summed E-state index contributed by atoms with van der Waals surface area (Å²) in [4.78, 5) is 27.8. The van der Waals surface area contributed by atoms with Crippen molar-refractivity contribution in [3.63, 3.8) is 0 Å². The number of thiophene rings is 1. The van der Waals surface area contributed by atoms with Crippen molar-refractivity contribution >= 4 is 21.6 Å². The maximum absolute atomic E-state index is 13.1. The van der Waals surface area contributed by atoms with Crippen LogP contribution in [-0.4, -0.2) is 23.3 Å². The highest BCUT2D eigenvalue weighted by Crippen LogP contribution is 2.30. The van der Waals surface area contributed by atoms with Gasteiger partial charge in [0, 0.05) is 18.1 Å². The van der Waals surface area contributed by atoms with Crippen molar-refractivity contribution in [2.75, 3.05) is 13.7 Å². The highest BCUT2D eigenvalue weighted by atomic mass is 32.1. The van der Waals surface area contributed by atoms with E-state index in [0.29, 0.717) is 15.8 Å². The van der Waals surface area contributed by atoms with E-state index in [4.69, 9.17) is 4.74 Å². The molecule has 7 heteroatoms. The van der Waals surface area contributed by atoms with Gasteiger partial charge in [-0.1, -0.05) is 12.1 Å².